The van der Waals surface area contributed by atoms with Gasteiger partial charge in [-0.15, -0.1) is 0 Å². The van der Waals surface area contributed by atoms with Gasteiger partial charge in [0, 0.05) is 23.4 Å². The minimum Gasteiger partial charge on any atom is -0.497 e. The first kappa shape index (κ1) is 23.3. The summed E-state index contributed by atoms with van der Waals surface area (Å²) in [6.45, 7) is 1.46. The molecule has 1 aromatic heterocycles. The zero-order valence-electron chi connectivity index (χ0n) is 18.6. The number of aliphatic carboxylic acids is 1. The van der Waals surface area contributed by atoms with E-state index >= 15 is 0 Å². The van der Waals surface area contributed by atoms with E-state index in [2.05, 4.69) is 10.1 Å². The Hall–Kier alpha value is -3.47. The maximum atomic E-state index is 13.6. The monoisotopic (exact) mass is 502 g/mol. The molecule has 3 heterocycles. The number of benzene rings is 2. The SMILES string of the molecule is COc1ccc(Cn2ncc3cc(C=C4CN=C(N5CC(C(=O)O)C5)S4)ccc32)c(C(F)(F)F)c1. The number of thioether (sulfide) groups is 1. The fourth-order valence-electron chi connectivity index (χ4n) is 4.11. The molecule has 5 rings (SSSR count). The molecule has 0 amide bonds. The Balaban J connectivity index is 1.32. The van der Waals surface area contributed by atoms with Gasteiger partial charge >= 0.3 is 12.1 Å². The van der Waals surface area contributed by atoms with Gasteiger partial charge in [-0.25, -0.2) is 0 Å². The van der Waals surface area contributed by atoms with Crippen LogP contribution in [-0.4, -0.2) is 57.7 Å². The van der Waals surface area contributed by atoms with Crippen LogP contribution in [0.4, 0.5) is 13.2 Å². The maximum absolute atomic E-state index is 13.6. The molecular formula is C24H21F3N4O3S. The molecule has 7 nitrogen and oxygen atoms in total. The predicted molar refractivity (Wildman–Crippen MR) is 127 cm³/mol. The number of carboxylic acid groups (broad SMARTS) is 1. The normalized spacial score (nSPS) is 17.7. The van der Waals surface area contributed by atoms with Crippen molar-refractivity contribution in [1.29, 1.82) is 0 Å². The Labute approximate surface area is 202 Å². The Morgan fingerprint density at radius 1 is 1.26 bits per heavy atom. The van der Waals surface area contributed by atoms with Crippen LogP contribution < -0.4 is 4.74 Å². The van der Waals surface area contributed by atoms with E-state index in [0.29, 0.717) is 19.6 Å². The number of ether oxygens (including phenoxy) is 1. The number of likely N-dealkylation sites (tertiary alicyclic amines) is 1. The van der Waals surface area contributed by atoms with Crippen LogP contribution in [0.3, 0.4) is 0 Å². The first-order chi connectivity index (χ1) is 16.7. The minimum absolute atomic E-state index is 0.0248. The number of carbonyl (C=O) groups is 1. The molecule has 182 valence electrons. The van der Waals surface area contributed by atoms with Gasteiger partial charge in [0.1, 0.15) is 5.75 Å². The van der Waals surface area contributed by atoms with E-state index in [4.69, 9.17) is 9.84 Å². The highest BCUT2D eigenvalue weighted by atomic mass is 32.2. The van der Waals surface area contributed by atoms with Crippen molar-refractivity contribution in [3.8, 4) is 5.75 Å². The summed E-state index contributed by atoms with van der Waals surface area (Å²) >= 11 is 1.53. The molecule has 1 saturated heterocycles. The van der Waals surface area contributed by atoms with E-state index in [1.807, 2.05) is 29.2 Å². The number of rotatable bonds is 5. The van der Waals surface area contributed by atoms with Crippen LogP contribution in [0, 0.1) is 5.92 Å². The number of hydrogen-bond acceptors (Lipinski definition) is 6. The van der Waals surface area contributed by atoms with Crippen molar-refractivity contribution in [3.63, 3.8) is 0 Å². The lowest BCUT2D eigenvalue weighted by atomic mass is 10.0. The number of aromatic nitrogens is 2. The number of alkyl halides is 3. The second-order valence-electron chi connectivity index (χ2n) is 8.39. The summed E-state index contributed by atoms with van der Waals surface area (Å²) in [6.07, 6.45) is -0.849. The highest BCUT2D eigenvalue weighted by Crippen LogP contribution is 2.36. The summed E-state index contributed by atoms with van der Waals surface area (Å²) in [7, 11) is 1.33. The van der Waals surface area contributed by atoms with E-state index in [9.17, 15) is 18.0 Å². The first-order valence-corrected chi connectivity index (χ1v) is 11.6. The molecule has 11 heteroatoms. The third kappa shape index (κ3) is 4.72. The number of hydrogen-bond donors (Lipinski definition) is 1. The van der Waals surface area contributed by atoms with Crippen molar-refractivity contribution < 1.29 is 27.8 Å². The highest BCUT2D eigenvalue weighted by Gasteiger charge is 2.36. The first-order valence-electron chi connectivity index (χ1n) is 10.8. The molecule has 2 aliphatic heterocycles. The number of halogens is 3. The van der Waals surface area contributed by atoms with Crippen molar-refractivity contribution >= 4 is 39.9 Å². The van der Waals surface area contributed by atoms with Gasteiger partial charge in [-0.1, -0.05) is 23.9 Å². The topological polar surface area (TPSA) is 80.0 Å². The van der Waals surface area contributed by atoms with Gasteiger partial charge in [-0.3, -0.25) is 14.5 Å². The molecule has 2 aliphatic rings. The third-order valence-electron chi connectivity index (χ3n) is 6.03. The molecule has 3 aromatic rings. The van der Waals surface area contributed by atoms with Crippen LogP contribution in [0.5, 0.6) is 5.75 Å². The molecule has 0 bridgehead atoms. The largest absolute Gasteiger partial charge is 0.497 e. The maximum Gasteiger partial charge on any atom is 0.416 e. The van der Waals surface area contributed by atoms with Gasteiger partial charge in [0.25, 0.3) is 0 Å². The van der Waals surface area contributed by atoms with Gasteiger partial charge < -0.3 is 14.7 Å². The lowest BCUT2D eigenvalue weighted by Gasteiger charge is -2.37. The Bertz CT molecular complexity index is 1360. The van der Waals surface area contributed by atoms with Crippen LogP contribution in [0.15, 0.2) is 52.5 Å². The smallest absolute Gasteiger partial charge is 0.416 e. The van der Waals surface area contributed by atoms with Gasteiger partial charge in [-0.05, 0) is 41.5 Å². The lowest BCUT2D eigenvalue weighted by molar-refractivity contribution is -0.145. The van der Waals surface area contributed by atoms with E-state index in [1.54, 1.807) is 10.9 Å². The summed E-state index contributed by atoms with van der Waals surface area (Å²) < 4.78 is 47.3. The second kappa shape index (κ2) is 8.95. The van der Waals surface area contributed by atoms with Crippen LogP contribution in [-0.2, 0) is 17.5 Å². The summed E-state index contributed by atoms with van der Waals surface area (Å²) in [5.74, 6) is -0.969. The summed E-state index contributed by atoms with van der Waals surface area (Å²) in [4.78, 5) is 18.5. The van der Waals surface area contributed by atoms with Gasteiger partial charge in [-0.2, -0.15) is 18.3 Å². The second-order valence-corrected chi connectivity index (χ2v) is 9.49. The minimum atomic E-state index is -4.50. The molecule has 0 saturated carbocycles. The summed E-state index contributed by atoms with van der Waals surface area (Å²) in [6, 6.07) is 9.61. The van der Waals surface area contributed by atoms with Gasteiger partial charge in [0.2, 0.25) is 0 Å². The van der Waals surface area contributed by atoms with E-state index in [-0.39, 0.29) is 23.8 Å². The molecule has 1 fully saturated rings. The summed E-state index contributed by atoms with van der Waals surface area (Å²) in [5, 5.41) is 15.0. The zero-order chi connectivity index (χ0) is 24.7. The highest BCUT2D eigenvalue weighted by molar-refractivity contribution is 8.17. The molecule has 1 N–H and O–H groups in total. The number of fused-ring (bicyclic) bond motifs is 1. The van der Waals surface area contributed by atoms with Crippen molar-refractivity contribution in [3.05, 3.63) is 64.2 Å². The zero-order valence-corrected chi connectivity index (χ0v) is 19.4. The molecule has 0 unspecified atom stereocenters. The van der Waals surface area contributed by atoms with Gasteiger partial charge in [0.05, 0.1) is 43.4 Å². The standard InChI is InChI=1S/C24H21F3N4O3S/c1-34-18-4-3-15(20(8-18)24(25,26)27)13-31-21-5-2-14(6-16(21)9-29-31)7-19-10-28-23(35-19)30-11-17(12-30)22(32)33/h2-9,17H,10-13H2,1H3,(H,32,33). The fraction of sp³-hybridized carbons (Fsp3) is 0.292. The number of aliphatic imine (C=N–C) groups is 1. The van der Waals surface area contributed by atoms with Crippen LogP contribution in [0.25, 0.3) is 17.0 Å². The molecular weight excluding hydrogens is 481 g/mol. The molecule has 35 heavy (non-hydrogen) atoms. The summed E-state index contributed by atoms with van der Waals surface area (Å²) in [5.41, 5.74) is 1.03. The fourth-order valence-corrected chi connectivity index (χ4v) is 5.08. The van der Waals surface area contributed by atoms with E-state index in [0.717, 1.165) is 32.6 Å². The van der Waals surface area contributed by atoms with E-state index < -0.39 is 17.7 Å². The van der Waals surface area contributed by atoms with Crippen molar-refractivity contribution in [2.45, 2.75) is 12.7 Å². The Kier molecular flexibility index (Phi) is 5.96. The van der Waals surface area contributed by atoms with Crippen LogP contribution >= 0.6 is 11.8 Å². The number of nitrogens with zero attached hydrogens (tertiary/aromatic N) is 4. The average Bonchev–Trinajstić information content (AvgIpc) is 3.39. The lowest BCUT2D eigenvalue weighted by Crippen LogP contribution is -2.51. The molecule has 2 aromatic carbocycles. The van der Waals surface area contributed by atoms with Crippen LogP contribution in [0.2, 0.25) is 0 Å². The van der Waals surface area contributed by atoms with E-state index in [1.165, 1.54) is 31.0 Å². The van der Waals surface area contributed by atoms with Crippen LogP contribution in [0.1, 0.15) is 16.7 Å². The Morgan fingerprint density at radius 3 is 2.77 bits per heavy atom. The van der Waals surface area contributed by atoms with Gasteiger partial charge in [0.15, 0.2) is 5.17 Å². The molecule has 0 radical (unpaired) electrons. The molecule has 0 spiro atoms. The van der Waals surface area contributed by atoms with Crippen molar-refractivity contribution in [1.82, 2.24) is 14.7 Å². The number of methoxy groups -OCH3 is 1. The molecule has 0 atom stereocenters. The quantitative estimate of drug-likeness (QED) is 0.551. The number of amidine groups is 1. The molecule has 0 aliphatic carbocycles. The van der Waals surface area contributed by atoms with Crippen molar-refractivity contribution in [2.75, 3.05) is 26.7 Å². The average molecular weight is 503 g/mol. The van der Waals surface area contributed by atoms with Crippen molar-refractivity contribution in [2.24, 2.45) is 10.9 Å². The Morgan fingerprint density at radius 2 is 2.06 bits per heavy atom. The third-order valence-corrected chi connectivity index (χ3v) is 7.11. The predicted octanol–water partition coefficient (Wildman–Crippen LogP) is 4.57. The number of carboxylic acids is 1.